The first-order chi connectivity index (χ1) is 11.5. The number of fused-ring (bicyclic) bond motifs is 1. The van der Waals surface area contributed by atoms with Gasteiger partial charge in [0.25, 0.3) is 11.8 Å². The first-order valence-electron chi connectivity index (χ1n) is 7.63. The predicted molar refractivity (Wildman–Crippen MR) is 86.8 cm³/mol. The Labute approximate surface area is 138 Å². The zero-order valence-electron chi connectivity index (χ0n) is 13.2. The van der Waals surface area contributed by atoms with E-state index in [0.29, 0.717) is 10.8 Å². The number of hydrogen-bond donors (Lipinski definition) is 1. The molecule has 2 aliphatic rings. The van der Waals surface area contributed by atoms with E-state index in [4.69, 9.17) is 0 Å². The van der Waals surface area contributed by atoms with Gasteiger partial charge in [0.05, 0.1) is 0 Å². The van der Waals surface area contributed by atoms with E-state index in [1.54, 1.807) is 12.1 Å². The number of carbonyl (C=O) groups is 4. The molecular formula is C18H16N2O4. The highest BCUT2D eigenvalue weighted by Gasteiger charge is 2.41. The lowest BCUT2D eigenvalue weighted by molar-refractivity contribution is -0.141. The average molecular weight is 324 g/mol. The number of carbonyl (C=O) groups excluding carboxylic acids is 4. The van der Waals surface area contributed by atoms with Crippen LogP contribution in [0.2, 0.25) is 0 Å². The molecule has 2 aliphatic heterocycles. The highest BCUT2D eigenvalue weighted by Crippen LogP contribution is 2.21. The van der Waals surface area contributed by atoms with E-state index in [1.807, 2.05) is 19.1 Å². The minimum absolute atomic E-state index is 0.0898. The highest BCUT2D eigenvalue weighted by molar-refractivity contribution is 6.28. The van der Waals surface area contributed by atoms with E-state index in [-0.39, 0.29) is 18.4 Å². The molecule has 3 rings (SSSR count). The summed E-state index contributed by atoms with van der Waals surface area (Å²) in [4.78, 5) is 50.1. The second kappa shape index (κ2) is 5.88. The maximum absolute atomic E-state index is 12.9. The molecule has 0 saturated carbocycles. The Morgan fingerprint density at radius 1 is 1.21 bits per heavy atom. The summed E-state index contributed by atoms with van der Waals surface area (Å²) >= 11 is 0. The number of imide groups is 2. The Kier molecular flexibility index (Phi) is 3.89. The molecule has 2 heterocycles. The molecule has 1 N–H and O–H groups in total. The Morgan fingerprint density at radius 2 is 1.96 bits per heavy atom. The minimum Gasteiger partial charge on any atom is -0.295 e. The van der Waals surface area contributed by atoms with Gasteiger partial charge in [0.1, 0.15) is 6.04 Å². The number of hydrogen-bond acceptors (Lipinski definition) is 4. The fourth-order valence-corrected chi connectivity index (χ4v) is 3.15. The second-order valence-corrected chi connectivity index (χ2v) is 5.62. The lowest BCUT2D eigenvalue weighted by Gasteiger charge is -2.34. The number of benzene rings is 1. The zero-order chi connectivity index (χ0) is 17.4. The maximum Gasteiger partial charge on any atom is 0.262 e. The van der Waals surface area contributed by atoms with Crippen molar-refractivity contribution in [3.05, 3.63) is 46.9 Å². The van der Waals surface area contributed by atoms with Crippen molar-refractivity contribution in [2.75, 3.05) is 0 Å². The molecule has 0 bridgehead atoms. The summed E-state index contributed by atoms with van der Waals surface area (Å²) in [5.74, 6) is -2.12. The van der Waals surface area contributed by atoms with Gasteiger partial charge >= 0.3 is 0 Å². The molecular weight excluding hydrogens is 308 g/mol. The summed E-state index contributed by atoms with van der Waals surface area (Å²) in [5, 5.41) is 3.47. The number of nitrogens with one attached hydrogen (secondary N) is 1. The molecule has 24 heavy (non-hydrogen) atoms. The Balaban J connectivity index is 2.20. The molecule has 6 heteroatoms. The van der Waals surface area contributed by atoms with Gasteiger partial charge in [-0.05, 0) is 24.6 Å². The van der Waals surface area contributed by atoms with Crippen LogP contribution >= 0.6 is 0 Å². The van der Waals surface area contributed by atoms with Crippen molar-refractivity contribution in [3.8, 4) is 0 Å². The molecule has 6 nitrogen and oxygen atoms in total. The molecule has 1 unspecified atom stereocenters. The SMILES string of the molecule is C=CC1=c2c(ccc/c2=C/C)C(=O)N(C2CCC(=O)NC2=O)C1=O. The number of amides is 4. The Hall–Kier alpha value is -3.02. The summed E-state index contributed by atoms with van der Waals surface area (Å²) in [6.07, 6.45) is 3.43. The molecule has 0 radical (unpaired) electrons. The van der Waals surface area contributed by atoms with Crippen LogP contribution in [-0.4, -0.2) is 34.6 Å². The van der Waals surface area contributed by atoms with Crippen LogP contribution in [0.15, 0.2) is 30.9 Å². The molecule has 0 aromatic heterocycles. The fraction of sp³-hybridized carbons (Fsp3) is 0.222. The van der Waals surface area contributed by atoms with E-state index in [0.717, 1.165) is 10.1 Å². The molecule has 1 saturated heterocycles. The van der Waals surface area contributed by atoms with Crippen molar-refractivity contribution in [2.45, 2.75) is 25.8 Å². The largest absolute Gasteiger partial charge is 0.295 e. The van der Waals surface area contributed by atoms with Crippen molar-refractivity contribution in [2.24, 2.45) is 0 Å². The summed E-state index contributed by atoms with van der Waals surface area (Å²) in [5.41, 5.74) is 0.632. The number of nitrogens with zero attached hydrogens (tertiary/aromatic N) is 1. The van der Waals surface area contributed by atoms with Crippen molar-refractivity contribution in [1.82, 2.24) is 10.2 Å². The smallest absolute Gasteiger partial charge is 0.262 e. The lowest BCUT2D eigenvalue weighted by Crippen LogP contribution is -2.59. The Bertz CT molecular complexity index is 913. The normalized spacial score (nSPS) is 21.7. The topological polar surface area (TPSA) is 83.6 Å². The third-order valence-electron chi connectivity index (χ3n) is 4.30. The highest BCUT2D eigenvalue weighted by atomic mass is 16.2. The van der Waals surface area contributed by atoms with Crippen LogP contribution in [0.1, 0.15) is 30.1 Å². The summed E-state index contributed by atoms with van der Waals surface area (Å²) in [7, 11) is 0. The van der Waals surface area contributed by atoms with Gasteiger partial charge in [0, 0.05) is 22.8 Å². The van der Waals surface area contributed by atoms with Crippen molar-refractivity contribution in [1.29, 1.82) is 0 Å². The molecule has 0 aliphatic carbocycles. The van der Waals surface area contributed by atoms with Crippen molar-refractivity contribution >= 4 is 35.3 Å². The van der Waals surface area contributed by atoms with Crippen LogP contribution in [0, 0.1) is 0 Å². The Morgan fingerprint density at radius 3 is 2.58 bits per heavy atom. The van der Waals surface area contributed by atoms with Gasteiger partial charge in [-0.25, -0.2) is 0 Å². The van der Waals surface area contributed by atoms with Gasteiger partial charge in [-0.3, -0.25) is 29.4 Å². The summed E-state index contributed by atoms with van der Waals surface area (Å²) in [6, 6.07) is 4.18. The van der Waals surface area contributed by atoms with Crippen LogP contribution in [-0.2, 0) is 14.4 Å². The molecule has 4 amide bonds. The van der Waals surface area contributed by atoms with Gasteiger partial charge in [0.2, 0.25) is 11.8 Å². The molecule has 1 atom stereocenters. The zero-order valence-corrected chi connectivity index (χ0v) is 13.2. The monoisotopic (exact) mass is 324 g/mol. The number of piperidine rings is 1. The van der Waals surface area contributed by atoms with Crippen LogP contribution in [0.5, 0.6) is 0 Å². The fourth-order valence-electron chi connectivity index (χ4n) is 3.15. The quantitative estimate of drug-likeness (QED) is 0.751. The maximum atomic E-state index is 12.9. The van der Waals surface area contributed by atoms with Crippen LogP contribution in [0.3, 0.4) is 0 Å². The second-order valence-electron chi connectivity index (χ2n) is 5.62. The van der Waals surface area contributed by atoms with Crippen LogP contribution < -0.4 is 15.8 Å². The molecule has 1 aromatic rings. The third-order valence-corrected chi connectivity index (χ3v) is 4.30. The van der Waals surface area contributed by atoms with E-state index >= 15 is 0 Å². The van der Waals surface area contributed by atoms with Gasteiger partial charge < -0.3 is 0 Å². The van der Waals surface area contributed by atoms with Gasteiger partial charge in [0.15, 0.2) is 0 Å². The minimum atomic E-state index is -0.986. The van der Waals surface area contributed by atoms with E-state index in [9.17, 15) is 19.2 Å². The molecule has 0 spiro atoms. The molecule has 1 aromatic carbocycles. The third kappa shape index (κ3) is 2.27. The van der Waals surface area contributed by atoms with Crippen LogP contribution in [0.25, 0.3) is 11.6 Å². The van der Waals surface area contributed by atoms with E-state index in [1.165, 1.54) is 6.08 Å². The van der Waals surface area contributed by atoms with Crippen molar-refractivity contribution < 1.29 is 19.2 Å². The molecule has 122 valence electrons. The molecule has 1 fully saturated rings. The summed E-state index contributed by atoms with van der Waals surface area (Å²) in [6.45, 7) is 5.50. The van der Waals surface area contributed by atoms with Gasteiger partial charge in [-0.15, -0.1) is 0 Å². The standard InChI is InChI=1S/C18H16N2O4/c1-3-10-6-5-7-12-15(10)11(4-2)17(23)20(18(12)24)13-8-9-14(21)19-16(13)22/h3-7,13H,2,8-9H2,1H3,(H,19,21,22)/b10-3-. The van der Waals surface area contributed by atoms with E-state index < -0.39 is 29.7 Å². The predicted octanol–water partition coefficient (Wildman–Crippen LogP) is -0.389. The van der Waals surface area contributed by atoms with E-state index in [2.05, 4.69) is 11.9 Å². The van der Waals surface area contributed by atoms with Crippen LogP contribution in [0.4, 0.5) is 0 Å². The first kappa shape index (κ1) is 15.9. The lowest BCUT2D eigenvalue weighted by atomic mass is 9.94. The van der Waals surface area contributed by atoms with Gasteiger partial charge in [-0.1, -0.05) is 30.9 Å². The number of rotatable bonds is 2. The average Bonchev–Trinajstić information content (AvgIpc) is 2.56. The summed E-state index contributed by atoms with van der Waals surface area (Å²) < 4.78 is 0. The first-order valence-corrected chi connectivity index (χ1v) is 7.63. The van der Waals surface area contributed by atoms with Gasteiger partial charge in [-0.2, -0.15) is 0 Å². The van der Waals surface area contributed by atoms with Crippen molar-refractivity contribution in [3.63, 3.8) is 0 Å².